The van der Waals surface area contributed by atoms with Crippen LogP contribution in [0.4, 0.5) is 35.3 Å². The van der Waals surface area contributed by atoms with Gasteiger partial charge in [0.25, 0.3) is 0 Å². The summed E-state index contributed by atoms with van der Waals surface area (Å²) in [4.78, 5) is 34.3. The molecule has 1 aromatic heterocycles. The van der Waals surface area contributed by atoms with E-state index in [4.69, 9.17) is 14.2 Å². The average molecular weight is 553 g/mol. The zero-order chi connectivity index (χ0) is 28.8. The molecule has 1 aliphatic rings. The Morgan fingerprint density at radius 1 is 1.15 bits per heavy atom. The molecule has 2 heterocycles. The second-order valence-corrected chi connectivity index (χ2v) is 10.0. The highest BCUT2D eigenvalue weighted by Gasteiger charge is 2.39. The van der Waals surface area contributed by atoms with Crippen molar-refractivity contribution in [2.24, 2.45) is 0 Å². The zero-order valence-corrected chi connectivity index (χ0v) is 22.9. The molecule has 0 bridgehead atoms. The number of halogens is 3. The predicted molar refractivity (Wildman–Crippen MR) is 139 cm³/mol. The van der Waals surface area contributed by atoms with Crippen molar-refractivity contribution >= 4 is 29.4 Å². The molecule has 0 radical (unpaired) electrons. The maximum Gasteiger partial charge on any atom is 0.418 e. The number of benzene rings is 1. The number of hydrogen-bond acceptors (Lipinski definition) is 8. The fourth-order valence-corrected chi connectivity index (χ4v) is 4.34. The van der Waals surface area contributed by atoms with Crippen LogP contribution in [0.5, 0.6) is 5.88 Å². The molecule has 1 amide bonds. The summed E-state index contributed by atoms with van der Waals surface area (Å²) in [5, 5.41) is 2.73. The minimum atomic E-state index is -4.66. The third-order valence-corrected chi connectivity index (χ3v) is 5.94. The molecular formula is C27H35F3N4O5. The number of carbonyl (C=O) groups excluding carboxylic acids is 2. The van der Waals surface area contributed by atoms with E-state index in [2.05, 4.69) is 15.3 Å². The summed E-state index contributed by atoms with van der Waals surface area (Å²) in [6.07, 6.45) is -1.98. The second-order valence-electron chi connectivity index (χ2n) is 10.0. The van der Waals surface area contributed by atoms with Crippen LogP contribution in [0.3, 0.4) is 0 Å². The molecule has 1 N–H and O–H groups in total. The monoisotopic (exact) mass is 552 g/mol. The fourth-order valence-electron chi connectivity index (χ4n) is 4.34. The van der Waals surface area contributed by atoms with Crippen LogP contribution in [-0.4, -0.2) is 46.9 Å². The fraction of sp³-hybridized carbons (Fsp3) is 0.556. The number of carbonyl (C=O) groups is 2. The Morgan fingerprint density at radius 3 is 2.54 bits per heavy atom. The highest BCUT2D eigenvalue weighted by Crippen LogP contribution is 2.44. The van der Waals surface area contributed by atoms with E-state index < -0.39 is 23.4 Å². The topological polar surface area (TPSA) is 103 Å². The Labute approximate surface area is 226 Å². The van der Waals surface area contributed by atoms with Gasteiger partial charge in [0.05, 0.1) is 30.2 Å². The number of esters is 1. The maximum atomic E-state index is 14.0. The van der Waals surface area contributed by atoms with E-state index in [0.29, 0.717) is 36.9 Å². The molecular weight excluding hydrogens is 517 g/mol. The van der Waals surface area contributed by atoms with Crippen molar-refractivity contribution in [1.29, 1.82) is 0 Å². The zero-order valence-electron chi connectivity index (χ0n) is 22.9. The lowest BCUT2D eigenvalue weighted by Crippen LogP contribution is -2.44. The van der Waals surface area contributed by atoms with Crippen LogP contribution in [0.1, 0.15) is 71.4 Å². The predicted octanol–water partition coefficient (Wildman–Crippen LogP) is 6.43. The molecule has 39 heavy (non-hydrogen) atoms. The van der Waals surface area contributed by atoms with Gasteiger partial charge in [-0.25, -0.2) is 9.78 Å². The lowest BCUT2D eigenvalue weighted by molar-refractivity contribution is -0.155. The smallest absolute Gasteiger partial charge is 0.418 e. The number of aromatic nitrogens is 2. The van der Waals surface area contributed by atoms with E-state index in [1.54, 1.807) is 27.7 Å². The highest BCUT2D eigenvalue weighted by molar-refractivity contribution is 5.92. The Morgan fingerprint density at radius 2 is 1.90 bits per heavy atom. The van der Waals surface area contributed by atoms with Gasteiger partial charge < -0.3 is 19.5 Å². The summed E-state index contributed by atoms with van der Waals surface area (Å²) in [5.74, 6) is -0.320. The van der Waals surface area contributed by atoms with Crippen LogP contribution >= 0.6 is 0 Å². The molecule has 1 aromatic carbocycles. The van der Waals surface area contributed by atoms with Gasteiger partial charge in [0.2, 0.25) is 11.8 Å². The molecule has 1 unspecified atom stereocenters. The number of hydrogen-bond donors (Lipinski definition) is 1. The molecule has 12 heteroatoms. The Hall–Kier alpha value is -3.57. The van der Waals surface area contributed by atoms with Crippen LogP contribution in [0.25, 0.3) is 0 Å². The second kappa shape index (κ2) is 12.5. The van der Waals surface area contributed by atoms with Gasteiger partial charge in [-0.15, -0.1) is 0 Å². The van der Waals surface area contributed by atoms with Crippen molar-refractivity contribution < 1.29 is 37.0 Å². The van der Waals surface area contributed by atoms with Crippen LogP contribution in [0.15, 0.2) is 24.4 Å². The summed E-state index contributed by atoms with van der Waals surface area (Å²) < 4.78 is 58.2. The molecule has 0 aliphatic carbocycles. The summed E-state index contributed by atoms with van der Waals surface area (Å²) in [6.45, 7) is 9.22. The Bertz CT molecular complexity index is 1170. The van der Waals surface area contributed by atoms with Crippen molar-refractivity contribution in [3.8, 4) is 5.88 Å². The van der Waals surface area contributed by atoms with E-state index in [1.807, 2.05) is 6.92 Å². The summed E-state index contributed by atoms with van der Waals surface area (Å²) in [6, 6.07) is 3.53. The SMILES string of the molecule is CCOC(=O)N1c2ccc(C(F)(F)F)c(Nc3nccc(OCCCC(=O)OC(C)(C)C)n3)c2CCC1CC. The van der Waals surface area contributed by atoms with Gasteiger partial charge in [-0.2, -0.15) is 18.2 Å². The number of amides is 1. The van der Waals surface area contributed by atoms with Crippen molar-refractivity contribution in [1.82, 2.24) is 9.97 Å². The number of rotatable bonds is 9. The average Bonchev–Trinajstić information content (AvgIpc) is 2.84. The van der Waals surface area contributed by atoms with E-state index in [1.165, 1.54) is 23.2 Å². The molecule has 0 spiro atoms. The first-order valence-corrected chi connectivity index (χ1v) is 13.0. The largest absolute Gasteiger partial charge is 0.478 e. The molecule has 1 atom stereocenters. The van der Waals surface area contributed by atoms with E-state index >= 15 is 0 Å². The van der Waals surface area contributed by atoms with E-state index in [-0.39, 0.29) is 49.2 Å². The normalized spacial score (nSPS) is 15.4. The quantitative estimate of drug-likeness (QED) is 0.281. The molecule has 3 rings (SSSR count). The Balaban J connectivity index is 1.84. The van der Waals surface area contributed by atoms with Crippen LogP contribution < -0.4 is 15.0 Å². The van der Waals surface area contributed by atoms with Crippen molar-refractivity contribution in [2.45, 2.75) is 84.5 Å². The highest BCUT2D eigenvalue weighted by atomic mass is 19.4. The first kappa shape index (κ1) is 30.0. The number of nitrogens with zero attached hydrogens (tertiary/aromatic N) is 3. The van der Waals surface area contributed by atoms with E-state index in [0.717, 1.165) is 6.07 Å². The number of nitrogens with one attached hydrogen (secondary N) is 1. The molecule has 1 aliphatic heterocycles. The standard InChI is InChI=1S/C27H35F3N4O5/c1-6-17-10-11-18-20(34(17)25(36)37-7-2)13-12-19(27(28,29)30)23(18)33-24-31-15-14-21(32-24)38-16-8-9-22(35)39-26(3,4)5/h12-15,17H,6-11,16H2,1-5H3,(H,31,32,33). The third-order valence-electron chi connectivity index (χ3n) is 5.94. The molecule has 0 saturated carbocycles. The van der Waals surface area contributed by atoms with Crippen molar-refractivity contribution in [2.75, 3.05) is 23.4 Å². The van der Waals surface area contributed by atoms with Gasteiger partial charge in [0.15, 0.2) is 0 Å². The summed E-state index contributed by atoms with van der Waals surface area (Å²) >= 11 is 0. The van der Waals surface area contributed by atoms with Gasteiger partial charge in [-0.1, -0.05) is 6.92 Å². The molecule has 2 aromatic rings. The molecule has 214 valence electrons. The molecule has 0 fully saturated rings. The van der Waals surface area contributed by atoms with Gasteiger partial charge >= 0.3 is 18.2 Å². The first-order valence-electron chi connectivity index (χ1n) is 13.0. The Kier molecular flexibility index (Phi) is 9.63. The maximum absolute atomic E-state index is 14.0. The lowest BCUT2D eigenvalue weighted by Gasteiger charge is -2.37. The summed E-state index contributed by atoms with van der Waals surface area (Å²) in [7, 11) is 0. The van der Waals surface area contributed by atoms with Crippen molar-refractivity contribution in [3.05, 3.63) is 35.5 Å². The molecule has 9 nitrogen and oxygen atoms in total. The lowest BCUT2D eigenvalue weighted by atomic mass is 9.91. The third kappa shape index (κ3) is 7.96. The van der Waals surface area contributed by atoms with Crippen LogP contribution in [-0.2, 0) is 26.9 Å². The van der Waals surface area contributed by atoms with E-state index in [9.17, 15) is 22.8 Å². The van der Waals surface area contributed by atoms with Gasteiger partial charge in [0.1, 0.15) is 5.60 Å². The van der Waals surface area contributed by atoms with Gasteiger partial charge in [-0.05, 0) is 65.5 Å². The first-order chi connectivity index (χ1) is 18.3. The number of fused-ring (bicyclic) bond motifs is 1. The van der Waals surface area contributed by atoms with Crippen LogP contribution in [0.2, 0.25) is 0 Å². The van der Waals surface area contributed by atoms with Gasteiger partial charge in [-0.3, -0.25) is 9.69 Å². The van der Waals surface area contributed by atoms with Crippen molar-refractivity contribution in [3.63, 3.8) is 0 Å². The summed E-state index contributed by atoms with van der Waals surface area (Å²) in [5.41, 5.74) is -1.01. The number of ether oxygens (including phenoxy) is 3. The minimum Gasteiger partial charge on any atom is -0.478 e. The van der Waals surface area contributed by atoms with Gasteiger partial charge in [0, 0.05) is 30.3 Å². The number of anilines is 3. The number of alkyl halides is 3. The minimum absolute atomic E-state index is 0.0983. The van der Waals surface area contributed by atoms with Crippen LogP contribution in [0, 0.1) is 0 Å². The molecule has 0 saturated heterocycles.